The lowest BCUT2D eigenvalue weighted by atomic mass is 10.1. The summed E-state index contributed by atoms with van der Waals surface area (Å²) in [5.41, 5.74) is 7.57. The van der Waals surface area contributed by atoms with Gasteiger partial charge in [0.05, 0.1) is 26.4 Å². The highest BCUT2D eigenvalue weighted by Gasteiger charge is 2.10. The molecule has 0 atom stereocenters. The first-order valence-electron chi connectivity index (χ1n) is 5.39. The molecule has 2 rings (SSSR count). The maximum Gasteiger partial charge on any atom is 0.106 e. The van der Waals surface area contributed by atoms with Crippen LogP contribution in [-0.4, -0.2) is 4.99 Å². The van der Waals surface area contributed by atoms with Crippen molar-refractivity contribution >= 4 is 75.0 Å². The lowest BCUT2D eigenvalue weighted by Gasteiger charge is -2.13. The monoisotopic (exact) mass is 364 g/mol. The second-order valence-electron chi connectivity index (χ2n) is 3.93. The van der Waals surface area contributed by atoms with Gasteiger partial charge in [0.25, 0.3) is 0 Å². The fraction of sp³-hybridized carbons (Fsp3) is 0. The molecule has 20 heavy (non-hydrogen) atoms. The number of nitrogens with two attached hydrogens (primary N) is 1. The third-order valence-electron chi connectivity index (χ3n) is 2.53. The Balaban J connectivity index is 2.47. The van der Waals surface area contributed by atoms with Crippen LogP contribution >= 0.6 is 58.6 Å². The highest BCUT2D eigenvalue weighted by Crippen LogP contribution is 2.35. The molecule has 0 unspecified atom stereocenters. The van der Waals surface area contributed by atoms with E-state index in [1.165, 1.54) is 0 Å². The Kier molecular flexibility index (Phi) is 4.99. The summed E-state index contributed by atoms with van der Waals surface area (Å²) < 4.78 is 0. The van der Waals surface area contributed by atoms with Crippen molar-refractivity contribution in [3.05, 3.63) is 56.0 Å². The molecule has 0 radical (unpaired) electrons. The molecular formula is C13H8Cl4N2S. The average molecular weight is 366 g/mol. The smallest absolute Gasteiger partial charge is 0.106 e. The van der Waals surface area contributed by atoms with Crippen LogP contribution in [0.5, 0.6) is 0 Å². The third-order valence-corrected chi connectivity index (χ3v) is 4.02. The Hall–Kier alpha value is -0.710. The van der Waals surface area contributed by atoms with Crippen LogP contribution in [0, 0.1) is 0 Å². The van der Waals surface area contributed by atoms with E-state index in [0.717, 1.165) is 0 Å². The van der Waals surface area contributed by atoms with Gasteiger partial charge >= 0.3 is 0 Å². The van der Waals surface area contributed by atoms with E-state index in [1.54, 1.807) is 30.3 Å². The van der Waals surface area contributed by atoms with Crippen molar-refractivity contribution in [2.45, 2.75) is 0 Å². The van der Waals surface area contributed by atoms with Gasteiger partial charge in [-0.1, -0.05) is 58.6 Å². The van der Waals surface area contributed by atoms with Gasteiger partial charge in [-0.2, -0.15) is 0 Å². The van der Waals surface area contributed by atoms with E-state index in [9.17, 15) is 0 Å². The SMILES string of the molecule is NC(=S)c1ccc(Cl)cc1Nc1cc(Cl)c(Cl)cc1Cl. The van der Waals surface area contributed by atoms with E-state index < -0.39 is 0 Å². The maximum absolute atomic E-state index is 6.12. The molecule has 0 saturated heterocycles. The molecule has 0 amide bonds. The first-order valence-corrected chi connectivity index (χ1v) is 7.31. The van der Waals surface area contributed by atoms with Gasteiger partial charge in [-0.15, -0.1) is 0 Å². The van der Waals surface area contributed by atoms with Gasteiger partial charge < -0.3 is 11.1 Å². The predicted molar refractivity (Wildman–Crippen MR) is 92.1 cm³/mol. The minimum absolute atomic E-state index is 0.250. The summed E-state index contributed by atoms with van der Waals surface area (Å²) in [5, 5.41) is 4.84. The van der Waals surface area contributed by atoms with E-state index in [4.69, 9.17) is 64.4 Å². The van der Waals surface area contributed by atoms with Crippen molar-refractivity contribution in [3.8, 4) is 0 Å². The Labute approximate surface area is 141 Å². The molecule has 104 valence electrons. The number of thiocarbonyl (C=S) groups is 1. The molecule has 0 bridgehead atoms. The van der Waals surface area contributed by atoms with Crippen LogP contribution in [-0.2, 0) is 0 Å². The molecule has 0 aliphatic rings. The van der Waals surface area contributed by atoms with Crippen LogP contribution in [0.2, 0.25) is 20.1 Å². The first-order chi connectivity index (χ1) is 9.38. The van der Waals surface area contributed by atoms with Gasteiger partial charge in [-0.3, -0.25) is 0 Å². The summed E-state index contributed by atoms with van der Waals surface area (Å²) in [6.45, 7) is 0. The van der Waals surface area contributed by atoms with Crippen molar-refractivity contribution in [1.29, 1.82) is 0 Å². The summed E-state index contributed by atoms with van der Waals surface area (Å²) in [6, 6.07) is 8.32. The van der Waals surface area contributed by atoms with E-state index in [-0.39, 0.29) is 4.99 Å². The van der Waals surface area contributed by atoms with Crippen molar-refractivity contribution in [2.75, 3.05) is 5.32 Å². The molecule has 0 aliphatic heterocycles. The van der Waals surface area contributed by atoms with Crippen LogP contribution in [0.15, 0.2) is 30.3 Å². The molecule has 0 saturated carbocycles. The molecule has 3 N–H and O–H groups in total. The molecule has 0 heterocycles. The van der Waals surface area contributed by atoms with Crippen molar-refractivity contribution in [1.82, 2.24) is 0 Å². The zero-order valence-electron chi connectivity index (χ0n) is 9.88. The Morgan fingerprint density at radius 3 is 2.20 bits per heavy atom. The standard InChI is InChI=1S/C13H8Cl4N2S/c14-6-1-2-7(13(18)20)11(3-6)19-12-5-9(16)8(15)4-10(12)17/h1-5,19H,(H2,18,20). The number of hydrogen-bond acceptors (Lipinski definition) is 2. The van der Waals surface area contributed by atoms with Crippen LogP contribution < -0.4 is 11.1 Å². The molecule has 2 aromatic rings. The topological polar surface area (TPSA) is 38.0 Å². The molecule has 0 aliphatic carbocycles. The average Bonchev–Trinajstić information content (AvgIpc) is 2.35. The number of hydrogen-bond donors (Lipinski definition) is 2. The molecular weight excluding hydrogens is 358 g/mol. The molecule has 7 heteroatoms. The van der Waals surface area contributed by atoms with E-state index in [2.05, 4.69) is 5.32 Å². The van der Waals surface area contributed by atoms with Crippen LogP contribution in [0.1, 0.15) is 5.56 Å². The van der Waals surface area contributed by atoms with Crippen LogP contribution in [0.4, 0.5) is 11.4 Å². The van der Waals surface area contributed by atoms with E-state index in [1.807, 2.05) is 0 Å². The van der Waals surface area contributed by atoms with Crippen molar-refractivity contribution in [3.63, 3.8) is 0 Å². The highest BCUT2D eigenvalue weighted by atomic mass is 35.5. The minimum Gasteiger partial charge on any atom is -0.389 e. The Bertz CT molecular complexity index is 688. The van der Waals surface area contributed by atoms with Crippen molar-refractivity contribution in [2.24, 2.45) is 5.73 Å². The molecule has 0 fully saturated rings. The fourth-order valence-electron chi connectivity index (χ4n) is 1.60. The van der Waals surface area contributed by atoms with Crippen molar-refractivity contribution < 1.29 is 0 Å². The molecule has 2 nitrogen and oxygen atoms in total. The quantitative estimate of drug-likeness (QED) is 0.542. The molecule has 2 aromatic carbocycles. The Morgan fingerprint density at radius 2 is 1.55 bits per heavy atom. The van der Waals surface area contributed by atoms with Gasteiger partial charge in [0.1, 0.15) is 4.99 Å². The second kappa shape index (κ2) is 6.37. The van der Waals surface area contributed by atoms with E-state index >= 15 is 0 Å². The molecule has 0 aromatic heterocycles. The van der Waals surface area contributed by atoms with Gasteiger partial charge in [0.2, 0.25) is 0 Å². The number of anilines is 2. The summed E-state index contributed by atoms with van der Waals surface area (Å²) in [7, 11) is 0. The number of benzene rings is 2. The maximum atomic E-state index is 6.12. The summed E-state index contributed by atoms with van der Waals surface area (Å²) in [4.78, 5) is 0.250. The third kappa shape index (κ3) is 3.48. The number of halogens is 4. The summed E-state index contributed by atoms with van der Waals surface area (Å²) >= 11 is 29.0. The van der Waals surface area contributed by atoms with Gasteiger partial charge in [0, 0.05) is 10.6 Å². The van der Waals surface area contributed by atoms with Crippen LogP contribution in [0.3, 0.4) is 0 Å². The fourth-order valence-corrected chi connectivity index (χ4v) is 2.54. The highest BCUT2D eigenvalue weighted by molar-refractivity contribution is 7.80. The normalized spacial score (nSPS) is 10.4. The second-order valence-corrected chi connectivity index (χ2v) is 6.02. The summed E-state index contributed by atoms with van der Waals surface area (Å²) in [6.07, 6.45) is 0. The predicted octanol–water partition coefficient (Wildman–Crippen LogP) is 5.68. The van der Waals surface area contributed by atoms with Gasteiger partial charge in [0.15, 0.2) is 0 Å². The van der Waals surface area contributed by atoms with Gasteiger partial charge in [-0.25, -0.2) is 0 Å². The first kappa shape index (κ1) is 15.7. The Morgan fingerprint density at radius 1 is 0.900 bits per heavy atom. The zero-order valence-corrected chi connectivity index (χ0v) is 13.7. The summed E-state index contributed by atoms with van der Waals surface area (Å²) in [5.74, 6) is 0. The lowest BCUT2D eigenvalue weighted by Crippen LogP contribution is -2.12. The molecule has 0 spiro atoms. The zero-order chi connectivity index (χ0) is 14.9. The largest absolute Gasteiger partial charge is 0.389 e. The minimum atomic E-state index is 0.250. The van der Waals surface area contributed by atoms with E-state index in [0.29, 0.717) is 37.0 Å². The number of nitrogens with one attached hydrogen (secondary N) is 1. The van der Waals surface area contributed by atoms with Gasteiger partial charge in [-0.05, 0) is 30.3 Å². The van der Waals surface area contributed by atoms with Crippen LogP contribution in [0.25, 0.3) is 0 Å². The lowest BCUT2D eigenvalue weighted by molar-refractivity contribution is 1.52. The number of rotatable bonds is 3.